The number of nitrogens with two attached hydrogens (primary N) is 1. The molecule has 1 amide bonds. The first-order chi connectivity index (χ1) is 9.57. The number of carbonyl (C=O) groups excluding carboxylic acids is 1. The van der Waals surface area contributed by atoms with Crippen LogP contribution in [0.4, 0.5) is 4.39 Å². The molecule has 0 saturated heterocycles. The Balaban J connectivity index is 3.15. The number of amides is 1. The molecular formula is C14H21FN2O3S. The molecule has 2 atom stereocenters. The van der Waals surface area contributed by atoms with Crippen LogP contribution < -0.4 is 10.5 Å². The second-order valence-corrected chi connectivity index (χ2v) is 6.83. The number of carbonyl (C=O) groups is 1. The Labute approximate surface area is 124 Å². The van der Waals surface area contributed by atoms with E-state index in [-0.39, 0.29) is 23.1 Å². The summed E-state index contributed by atoms with van der Waals surface area (Å²) >= 11 is 0. The molecule has 3 N–H and O–H groups in total. The van der Waals surface area contributed by atoms with Gasteiger partial charge < -0.3 is 5.32 Å². The maximum absolute atomic E-state index is 13.8. The Hall–Kier alpha value is -1.47. The highest BCUT2D eigenvalue weighted by Crippen LogP contribution is 2.19. The number of benzene rings is 1. The summed E-state index contributed by atoms with van der Waals surface area (Å²) in [4.78, 5) is 11.5. The van der Waals surface area contributed by atoms with Gasteiger partial charge in [-0.1, -0.05) is 20.3 Å². The zero-order valence-electron chi connectivity index (χ0n) is 12.6. The fourth-order valence-electron chi connectivity index (χ4n) is 1.86. The van der Waals surface area contributed by atoms with Gasteiger partial charge in [-0.05, 0) is 37.5 Å². The van der Waals surface area contributed by atoms with Gasteiger partial charge in [-0.2, -0.15) is 0 Å². The van der Waals surface area contributed by atoms with Gasteiger partial charge in [-0.25, -0.2) is 17.9 Å². The smallest absolute Gasteiger partial charge is 0.251 e. The lowest BCUT2D eigenvalue weighted by molar-refractivity contribution is 0.0927. The molecule has 2 unspecified atom stereocenters. The first-order valence-electron chi connectivity index (χ1n) is 6.71. The van der Waals surface area contributed by atoms with Crippen molar-refractivity contribution >= 4 is 15.9 Å². The van der Waals surface area contributed by atoms with Crippen LogP contribution in [-0.2, 0) is 10.0 Å². The van der Waals surface area contributed by atoms with Crippen molar-refractivity contribution in [3.63, 3.8) is 0 Å². The van der Waals surface area contributed by atoms with Crippen LogP contribution in [0.25, 0.3) is 0 Å². The van der Waals surface area contributed by atoms with E-state index in [1.807, 2.05) is 20.8 Å². The standard InChI is InChI=1S/C14H21FN2O3S/c1-5-8(2)10(4)17-14(18)11-6-9(3)13(15)12(7-11)21(16,19)20/h6-8,10H,5H2,1-4H3,(H,17,18)(H2,16,19,20). The molecule has 0 aliphatic carbocycles. The summed E-state index contributed by atoms with van der Waals surface area (Å²) in [5.41, 5.74) is 0.135. The number of hydrogen-bond donors (Lipinski definition) is 2. The maximum atomic E-state index is 13.8. The van der Waals surface area contributed by atoms with E-state index in [4.69, 9.17) is 5.14 Å². The van der Waals surface area contributed by atoms with Crippen LogP contribution in [0.2, 0.25) is 0 Å². The van der Waals surface area contributed by atoms with Crippen LogP contribution in [0.15, 0.2) is 17.0 Å². The fraction of sp³-hybridized carbons (Fsp3) is 0.500. The van der Waals surface area contributed by atoms with E-state index in [0.717, 1.165) is 12.5 Å². The molecule has 0 saturated carbocycles. The van der Waals surface area contributed by atoms with Crippen LogP contribution in [0.1, 0.15) is 43.1 Å². The van der Waals surface area contributed by atoms with Crippen molar-refractivity contribution in [2.45, 2.75) is 45.1 Å². The monoisotopic (exact) mass is 316 g/mol. The molecule has 0 radical (unpaired) electrons. The summed E-state index contributed by atoms with van der Waals surface area (Å²) in [6.07, 6.45) is 0.895. The second-order valence-electron chi connectivity index (χ2n) is 5.30. The topological polar surface area (TPSA) is 89.3 Å². The van der Waals surface area contributed by atoms with Gasteiger partial charge in [-0.3, -0.25) is 4.79 Å². The molecule has 0 bridgehead atoms. The second kappa shape index (κ2) is 6.53. The van der Waals surface area contributed by atoms with Gasteiger partial charge in [0.2, 0.25) is 10.0 Å². The molecule has 5 nitrogen and oxygen atoms in total. The average Bonchev–Trinajstić information content (AvgIpc) is 2.38. The van der Waals surface area contributed by atoms with Gasteiger partial charge in [0.1, 0.15) is 10.7 Å². The molecule has 1 aromatic rings. The van der Waals surface area contributed by atoms with E-state index in [2.05, 4.69) is 5.32 Å². The molecule has 7 heteroatoms. The van der Waals surface area contributed by atoms with Gasteiger partial charge >= 0.3 is 0 Å². The first-order valence-corrected chi connectivity index (χ1v) is 8.26. The van der Waals surface area contributed by atoms with Gasteiger partial charge in [-0.15, -0.1) is 0 Å². The zero-order valence-corrected chi connectivity index (χ0v) is 13.4. The lowest BCUT2D eigenvalue weighted by Gasteiger charge is -2.20. The summed E-state index contributed by atoms with van der Waals surface area (Å²) in [5.74, 6) is -1.10. The van der Waals surface area contributed by atoms with Crippen molar-refractivity contribution in [2.24, 2.45) is 11.1 Å². The number of primary sulfonamides is 1. The van der Waals surface area contributed by atoms with Gasteiger partial charge in [0, 0.05) is 11.6 Å². The van der Waals surface area contributed by atoms with E-state index < -0.39 is 26.6 Å². The first kappa shape index (κ1) is 17.6. The van der Waals surface area contributed by atoms with Crippen LogP contribution in [0.5, 0.6) is 0 Å². The van der Waals surface area contributed by atoms with Crippen molar-refractivity contribution < 1.29 is 17.6 Å². The van der Waals surface area contributed by atoms with E-state index in [1.54, 1.807) is 0 Å². The van der Waals surface area contributed by atoms with E-state index in [9.17, 15) is 17.6 Å². The average molecular weight is 316 g/mol. The SMILES string of the molecule is CCC(C)C(C)NC(=O)c1cc(C)c(F)c(S(N)(=O)=O)c1. The zero-order chi connectivity index (χ0) is 16.4. The molecule has 21 heavy (non-hydrogen) atoms. The van der Waals surface area contributed by atoms with Crippen molar-refractivity contribution in [3.8, 4) is 0 Å². The molecule has 118 valence electrons. The highest BCUT2D eigenvalue weighted by Gasteiger charge is 2.21. The molecule has 0 spiro atoms. The predicted molar refractivity (Wildman–Crippen MR) is 78.9 cm³/mol. The largest absolute Gasteiger partial charge is 0.349 e. The summed E-state index contributed by atoms with van der Waals surface area (Å²) in [7, 11) is -4.22. The number of nitrogens with one attached hydrogen (secondary N) is 1. The summed E-state index contributed by atoms with van der Waals surface area (Å²) < 4.78 is 36.5. The molecule has 1 aromatic carbocycles. The highest BCUT2D eigenvalue weighted by molar-refractivity contribution is 7.89. The minimum atomic E-state index is -4.22. The van der Waals surface area contributed by atoms with Gasteiger partial charge in [0.25, 0.3) is 5.91 Å². The third-order valence-electron chi connectivity index (χ3n) is 3.65. The van der Waals surface area contributed by atoms with E-state index >= 15 is 0 Å². The molecule has 0 fully saturated rings. The van der Waals surface area contributed by atoms with Crippen LogP contribution in [0, 0.1) is 18.7 Å². The Morgan fingerprint density at radius 1 is 1.38 bits per heavy atom. The minimum absolute atomic E-state index is 0.0582. The summed E-state index contributed by atoms with van der Waals surface area (Å²) in [5, 5.41) is 7.74. The summed E-state index contributed by atoms with van der Waals surface area (Å²) in [6, 6.07) is 2.20. The third-order valence-corrected chi connectivity index (χ3v) is 4.56. The van der Waals surface area contributed by atoms with E-state index in [1.165, 1.54) is 13.0 Å². The Kier molecular flexibility index (Phi) is 5.47. The summed E-state index contributed by atoms with van der Waals surface area (Å²) in [6.45, 7) is 7.26. The molecule has 0 heterocycles. The minimum Gasteiger partial charge on any atom is -0.349 e. The van der Waals surface area contributed by atoms with Crippen molar-refractivity contribution in [2.75, 3.05) is 0 Å². The molecule has 1 rings (SSSR count). The maximum Gasteiger partial charge on any atom is 0.251 e. The fourth-order valence-corrected chi connectivity index (χ4v) is 2.56. The Morgan fingerprint density at radius 3 is 2.43 bits per heavy atom. The molecule has 0 aromatic heterocycles. The van der Waals surface area contributed by atoms with E-state index in [0.29, 0.717) is 0 Å². The quantitative estimate of drug-likeness (QED) is 0.870. The van der Waals surface area contributed by atoms with Crippen LogP contribution >= 0.6 is 0 Å². The lowest BCUT2D eigenvalue weighted by Crippen LogP contribution is -2.37. The van der Waals surface area contributed by atoms with Crippen molar-refractivity contribution in [3.05, 3.63) is 29.1 Å². The van der Waals surface area contributed by atoms with Gasteiger partial charge in [0.15, 0.2) is 0 Å². The number of halogens is 1. The number of hydrogen-bond acceptors (Lipinski definition) is 3. The third kappa shape index (κ3) is 4.25. The number of aryl methyl sites for hydroxylation is 1. The lowest BCUT2D eigenvalue weighted by atomic mass is 10.0. The number of rotatable bonds is 5. The predicted octanol–water partition coefficient (Wildman–Crippen LogP) is 1.95. The normalized spacial score (nSPS) is 14.6. The highest BCUT2D eigenvalue weighted by atomic mass is 32.2. The van der Waals surface area contributed by atoms with Crippen LogP contribution in [0.3, 0.4) is 0 Å². The molecule has 0 aliphatic heterocycles. The van der Waals surface area contributed by atoms with Crippen molar-refractivity contribution in [1.82, 2.24) is 5.32 Å². The molecule has 0 aliphatic rings. The van der Waals surface area contributed by atoms with Crippen molar-refractivity contribution in [1.29, 1.82) is 0 Å². The molecular weight excluding hydrogens is 295 g/mol. The Morgan fingerprint density at radius 2 is 1.95 bits per heavy atom. The van der Waals surface area contributed by atoms with Crippen LogP contribution in [-0.4, -0.2) is 20.4 Å². The number of sulfonamides is 1. The van der Waals surface area contributed by atoms with Gasteiger partial charge in [0.05, 0.1) is 0 Å². The Bertz CT molecular complexity index is 644.